The Kier molecular flexibility index (Phi) is 4.53. The number of rotatable bonds is 3. The van der Waals surface area contributed by atoms with Crippen LogP contribution in [0.15, 0.2) is 17.3 Å². The minimum atomic E-state index is -0.0536. The average molecular weight is 359 g/mol. The van der Waals surface area contributed by atoms with Crippen LogP contribution in [0.3, 0.4) is 0 Å². The molecule has 4 nitrogen and oxygen atoms in total. The minimum absolute atomic E-state index is 0.0536. The summed E-state index contributed by atoms with van der Waals surface area (Å²) in [5.41, 5.74) is 8.32. The van der Waals surface area contributed by atoms with E-state index in [2.05, 4.69) is 25.6 Å². The molecule has 144 valence electrons. The Hall–Kier alpha value is -1.16. The van der Waals surface area contributed by atoms with Crippen LogP contribution in [-0.2, 0) is 9.63 Å². The van der Waals surface area contributed by atoms with Gasteiger partial charge in [-0.3, -0.25) is 4.79 Å². The molecule has 4 aliphatic rings. The molecule has 0 aromatic rings. The number of hydrogen-bond donors (Lipinski definition) is 1. The number of Topliss-reactive ketones (excluding diaryl/α,β-unsaturated/α-hetero) is 1. The van der Waals surface area contributed by atoms with E-state index in [4.69, 9.17) is 10.6 Å². The Balaban J connectivity index is 1.57. The van der Waals surface area contributed by atoms with Crippen LogP contribution in [-0.4, -0.2) is 24.6 Å². The van der Waals surface area contributed by atoms with Gasteiger partial charge >= 0.3 is 0 Å². The summed E-state index contributed by atoms with van der Waals surface area (Å²) in [6.07, 6.45) is 8.48. The zero-order valence-corrected chi connectivity index (χ0v) is 16.4. The van der Waals surface area contributed by atoms with Gasteiger partial charge in [-0.15, -0.1) is 0 Å². The zero-order chi connectivity index (χ0) is 18.5. The highest BCUT2D eigenvalue weighted by Crippen LogP contribution is 2.66. The summed E-state index contributed by atoms with van der Waals surface area (Å²) in [7, 11) is 0. The number of carbonyl (C=O) groups excluding carboxylic acids is 1. The largest absolute Gasteiger partial charge is 0.395 e. The number of allylic oxidation sites excluding steroid dienone is 1. The van der Waals surface area contributed by atoms with Crippen molar-refractivity contribution < 1.29 is 9.63 Å². The third-order valence-electron chi connectivity index (χ3n) is 8.57. The van der Waals surface area contributed by atoms with Crippen LogP contribution in [0.4, 0.5) is 0 Å². The fourth-order valence-electron chi connectivity index (χ4n) is 7.09. The molecule has 6 unspecified atom stereocenters. The molecular formula is C22H34N2O2. The maximum Gasteiger partial charge on any atom is 0.139 e. The number of hydrogen-bond acceptors (Lipinski definition) is 4. The summed E-state index contributed by atoms with van der Waals surface area (Å²) in [4.78, 5) is 17.9. The molecule has 4 fully saturated rings. The van der Waals surface area contributed by atoms with Gasteiger partial charge in [0.15, 0.2) is 0 Å². The van der Waals surface area contributed by atoms with Gasteiger partial charge in [0.2, 0.25) is 0 Å². The number of fused-ring (bicyclic) bond motifs is 5. The van der Waals surface area contributed by atoms with E-state index in [0.717, 1.165) is 44.4 Å². The van der Waals surface area contributed by atoms with Gasteiger partial charge in [-0.1, -0.05) is 31.2 Å². The monoisotopic (exact) mass is 358 g/mol. The normalized spacial score (nSPS) is 46.7. The van der Waals surface area contributed by atoms with E-state index in [0.29, 0.717) is 42.1 Å². The van der Waals surface area contributed by atoms with Gasteiger partial charge in [0.1, 0.15) is 12.4 Å². The molecule has 4 heteroatoms. The Bertz CT molecular complexity index is 642. The van der Waals surface area contributed by atoms with Crippen molar-refractivity contribution >= 4 is 11.5 Å². The van der Waals surface area contributed by atoms with Gasteiger partial charge in [0.05, 0.1) is 5.71 Å². The SMILES string of the molecule is C=C1CC2C3CCC(=O)C3(C)CCC2C2(C)CC/C(=N\OCCN)CC12. The molecular weight excluding hydrogens is 324 g/mol. The van der Waals surface area contributed by atoms with E-state index in [1.165, 1.54) is 24.1 Å². The lowest BCUT2D eigenvalue weighted by atomic mass is 9.44. The number of ketones is 1. The van der Waals surface area contributed by atoms with E-state index in [9.17, 15) is 4.79 Å². The molecule has 0 radical (unpaired) electrons. The Morgan fingerprint density at radius 1 is 1.19 bits per heavy atom. The third kappa shape index (κ3) is 2.59. The molecule has 6 atom stereocenters. The maximum absolute atomic E-state index is 12.6. The van der Waals surface area contributed by atoms with Gasteiger partial charge < -0.3 is 10.6 Å². The van der Waals surface area contributed by atoms with Crippen LogP contribution in [0.2, 0.25) is 0 Å². The predicted octanol–water partition coefficient (Wildman–Crippen LogP) is 4.10. The molecule has 0 heterocycles. The smallest absolute Gasteiger partial charge is 0.139 e. The zero-order valence-electron chi connectivity index (χ0n) is 16.4. The first-order valence-electron chi connectivity index (χ1n) is 10.5. The quantitative estimate of drug-likeness (QED) is 0.469. The molecule has 0 bridgehead atoms. The number of nitrogens with zero attached hydrogens (tertiary/aromatic N) is 1. The highest BCUT2D eigenvalue weighted by Gasteiger charge is 2.60. The lowest BCUT2D eigenvalue weighted by Gasteiger charge is -2.60. The fourth-order valence-corrected chi connectivity index (χ4v) is 7.09. The molecule has 0 aromatic carbocycles. The lowest BCUT2D eigenvalue weighted by molar-refractivity contribution is -0.134. The summed E-state index contributed by atoms with van der Waals surface area (Å²) in [6.45, 7) is 10.3. The van der Waals surface area contributed by atoms with Gasteiger partial charge in [-0.25, -0.2) is 0 Å². The molecule has 0 aromatic heterocycles. The Labute approximate surface area is 157 Å². The molecule has 4 rings (SSSR count). The van der Waals surface area contributed by atoms with Gasteiger partial charge in [-0.2, -0.15) is 0 Å². The molecule has 4 saturated carbocycles. The molecule has 0 spiro atoms. The van der Waals surface area contributed by atoms with Crippen molar-refractivity contribution in [1.29, 1.82) is 0 Å². The van der Waals surface area contributed by atoms with E-state index >= 15 is 0 Å². The van der Waals surface area contributed by atoms with Crippen molar-refractivity contribution in [3.8, 4) is 0 Å². The molecule has 26 heavy (non-hydrogen) atoms. The van der Waals surface area contributed by atoms with Crippen molar-refractivity contribution in [1.82, 2.24) is 0 Å². The second-order valence-electron chi connectivity index (χ2n) is 9.70. The van der Waals surface area contributed by atoms with Crippen LogP contribution in [0.1, 0.15) is 65.2 Å². The topological polar surface area (TPSA) is 64.7 Å². The van der Waals surface area contributed by atoms with Crippen molar-refractivity contribution in [3.63, 3.8) is 0 Å². The van der Waals surface area contributed by atoms with Crippen molar-refractivity contribution in [2.24, 2.45) is 45.4 Å². The molecule has 0 saturated heterocycles. The first kappa shape index (κ1) is 18.2. The molecule has 0 amide bonds. The van der Waals surface area contributed by atoms with Gasteiger partial charge in [-0.05, 0) is 74.0 Å². The minimum Gasteiger partial charge on any atom is -0.395 e. The van der Waals surface area contributed by atoms with E-state index in [-0.39, 0.29) is 5.41 Å². The molecule has 4 aliphatic carbocycles. The second kappa shape index (κ2) is 6.47. The van der Waals surface area contributed by atoms with Crippen LogP contribution >= 0.6 is 0 Å². The van der Waals surface area contributed by atoms with Crippen LogP contribution in [0.5, 0.6) is 0 Å². The fraction of sp³-hybridized carbons (Fsp3) is 0.818. The highest BCUT2D eigenvalue weighted by atomic mass is 16.6. The third-order valence-corrected chi connectivity index (χ3v) is 8.57. The van der Waals surface area contributed by atoms with Crippen LogP contribution in [0, 0.1) is 34.5 Å². The lowest BCUT2D eigenvalue weighted by Crippen LogP contribution is -2.54. The maximum atomic E-state index is 12.6. The molecule has 0 aliphatic heterocycles. The summed E-state index contributed by atoms with van der Waals surface area (Å²) in [5.74, 6) is 2.99. The number of oxime groups is 1. The van der Waals surface area contributed by atoms with E-state index in [1.807, 2.05) is 0 Å². The highest BCUT2D eigenvalue weighted by molar-refractivity contribution is 5.87. The Morgan fingerprint density at radius 3 is 2.77 bits per heavy atom. The van der Waals surface area contributed by atoms with Crippen LogP contribution in [0.25, 0.3) is 0 Å². The first-order chi connectivity index (χ1) is 12.4. The van der Waals surface area contributed by atoms with E-state index in [1.54, 1.807) is 0 Å². The molecule has 2 N–H and O–H groups in total. The second-order valence-corrected chi connectivity index (χ2v) is 9.70. The summed E-state index contributed by atoms with van der Waals surface area (Å²) < 4.78 is 0. The van der Waals surface area contributed by atoms with Crippen molar-refractivity contribution in [3.05, 3.63) is 12.2 Å². The van der Waals surface area contributed by atoms with Gasteiger partial charge in [0.25, 0.3) is 0 Å². The van der Waals surface area contributed by atoms with Crippen LogP contribution < -0.4 is 5.73 Å². The van der Waals surface area contributed by atoms with Gasteiger partial charge in [0, 0.05) is 18.4 Å². The predicted molar refractivity (Wildman–Crippen MR) is 104 cm³/mol. The standard InChI is InChI=1S/C22H34N2O2/c1-14-12-16-17-4-5-20(25)22(17,3)9-7-18(16)21(2)8-6-15(13-19(14)21)24-26-11-10-23/h16-19H,1,4-13,23H2,2-3H3/b24-15+. The first-order valence-corrected chi connectivity index (χ1v) is 10.5. The summed E-state index contributed by atoms with van der Waals surface area (Å²) in [5, 5.41) is 4.36. The van der Waals surface area contributed by atoms with E-state index < -0.39 is 0 Å². The average Bonchev–Trinajstić information content (AvgIpc) is 2.92. The summed E-state index contributed by atoms with van der Waals surface area (Å²) in [6, 6.07) is 0. The van der Waals surface area contributed by atoms with Crippen molar-refractivity contribution in [2.45, 2.75) is 65.2 Å². The number of nitrogens with two attached hydrogens (primary N) is 1. The Morgan fingerprint density at radius 2 is 2.00 bits per heavy atom. The summed E-state index contributed by atoms with van der Waals surface area (Å²) >= 11 is 0. The van der Waals surface area contributed by atoms with Crippen molar-refractivity contribution in [2.75, 3.05) is 13.2 Å². The number of carbonyl (C=O) groups is 1.